The first-order valence-electron chi connectivity index (χ1n) is 10.0. The van der Waals surface area contributed by atoms with Crippen LogP contribution in [-0.2, 0) is 14.9 Å². The lowest BCUT2D eigenvalue weighted by Gasteiger charge is -2.39. The van der Waals surface area contributed by atoms with Gasteiger partial charge in [-0.25, -0.2) is 4.39 Å². The molecule has 1 N–H and O–H groups in total. The lowest BCUT2D eigenvalue weighted by molar-refractivity contribution is 0.0511. The monoisotopic (exact) mass is 503 g/mol. The number of likely N-dealkylation sites (tertiary alicyclic amines) is 1. The Balaban J connectivity index is 0.00000225. The van der Waals surface area contributed by atoms with Crippen molar-refractivity contribution in [2.45, 2.75) is 31.1 Å². The van der Waals surface area contributed by atoms with Gasteiger partial charge in [-0.3, -0.25) is 4.99 Å². The summed E-state index contributed by atoms with van der Waals surface area (Å²) in [5.41, 5.74) is 1.23. The minimum absolute atomic E-state index is 0. The lowest BCUT2D eigenvalue weighted by Crippen LogP contribution is -2.49. The molecule has 3 aliphatic rings. The van der Waals surface area contributed by atoms with Gasteiger partial charge in [-0.15, -0.1) is 24.0 Å². The van der Waals surface area contributed by atoms with Gasteiger partial charge in [0, 0.05) is 57.3 Å². The van der Waals surface area contributed by atoms with Crippen LogP contribution in [0.25, 0.3) is 0 Å². The van der Waals surface area contributed by atoms with Gasteiger partial charge in [0.2, 0.25) is 0 Å². The third-order valence-electron chi connectivity index (χ3n) is 6.61. The summed E-state index contributed by atoms with van der Waals surface area (Å²) in [6.45, 7) is 5.92. The first kappa shape index (κ1) is 21.8. The summed E-state index contributed by atoms with van der Waals surface area (Å²) in [5, 5.41) is 3.60. The maximum Gasteiger partial charge on any atom is 0.193 e. The maximum atomic E-state index is 13.9. The Hall–Kier alpha value is -0.930. The number of hydrogen-bond acceptors (Lipinski definition) is 3. The van der Waals surface area contributed by atoms with Gasteiger partial charge in [-0.05, 0) is 43.4 Å². The van der Waals surface area contributed by atoms with Crippen LogP contribution in [0.3, 0.4) is 0 Å². The standard InChI is InChI=1S/C21H30FN3O2.HI/c1-23-19(25-9-5-20(15-25)6-10-27-16-20)24-14-21(7-11-26-12-8-21)17-3-2-4-18(22)13-17;/h2-4,13H,5-12,14-16H2,1H3,(H,23,24);1H. The van der Waals surface area contributed by atoms with Crippen LogP contribution in [0.4, 0.5) is 4.39 Å². The Morgan fingerprint density at radius 2 is 1.96 bits per heavy atom. The molecule has 1 atom stereocenters. The normalized spacial score (nSPS) is 27.1. The zero-order valence-corrected chi connectivity index (χ0v) is 18.9. The fourth-order valence-electron chi connectivity index (χ4n) is 4.82. The van der Waals surface area contributed by atoms with Gasteiger partial charge in [0.05, 0.1) is 6.61 Å². The summed E-state index contributed by atoms with van der Waals surface area (Å²) in [7, 11) is 1.84. The topological polar surface area (TPSA) is 46.1 Å². The molecule has 0 bridgehead atoms. The van der Waals surface area contributed by atoms with Crippen molar-refractivity contribution in [2.75, 3.05) is 53.1 Å². The van der Waals surface area contributed by atoms with Crippen LogP contribution in [0.5, 0.6) is 0 Å². The van der Waals surface area contributed by atoms with Crippen molar-refractivity contribution < 1.29 is 13.9 Å². The number of aliphatic imine (C=N–C) groups is 1. The summed E-state index contributed by atoms with van der Waals surface area (Å²) < 4.78 is 25.1. The van der Waals surface area contributed by atoms with E-state index in [1.807, 2.05) is 13.1 Å². The number of nitrogens with zero attached hydrogens (tertiary/aromatic N) is 2. The minimum atomic E-state index is -0.175. The van der Waals surface area contributed by atoms with Gasteiger partial charge in [-0.1, -0.05) is 12.1 Å². The molecule has 7 heteroatoms. The SMILES string of the molecule is CN=C(NCC1(c2cccc(F)c2)CCOCC1)N1CCC2(CCOC2)C1.I. The molecule has 3 aliphatic heterocycles. The minimum Gasteiger partial charge on any atom is -0.381 e. The van der Waals surface area contributed by atoms with Crippen LogP contribution in [0.15, 0.2) is 29.3 Å². The Kier molecular flexibility index (Phi) is 7.20. The molecule has 1 unspecified atom stereocenters. The van der Waals surface area contributed by atoms with Crippen molar-refractivity contribution in [3.05, 3.63) is 35.6 Å². The first-order chi connectivity index (χ1) is 13.1. The second kappa shape index (κ2) is 9.26. The summed E-state index contributed by atoms with van der Waals surface area (Å²) in [5.74, 6) is 0.770. The fraction of sp³-hybridized carbons (Fsp3) is 0.667. The zero-order valence-electron chi connectivity index (χ0n) is 16.6. The van der Waals surface area contributed by atoms with E-state index < -0.39 is 0 Å². The van der Waals surface area contributed by atoms with Crippen molar-refractivity contribution in [3.8, 4) is 0 Å². The average Bonchev–Trinajstić information content (AvgIpc) is 3.33. The third-order valence-corrected chi connectivity index (χ3v) is 6.61. The number of hydrogen-bond donors (Lipinski definition) is 1. The summed E-state index contributed by atoms with van der Waals surface area (Å²) in [6, 6.07) is 7.04. The van der Waals surface area contributed by atoms with E-state index in [2.05, 4.69) is 15.2 Å². The predicted molar refractivity (Wildman–Crippen MR) is 119 cm³/mol. The summed E-state index contributed by atoms with van der Waals surface area (Å²) >= 11 is 0. The highest BCUT2D eigenvalue weighted by atomic mass is 127. The van der Waals surface area contributed by atoms with E-state index in [1.165, 1.54) is 6.07 Å². The molecule has 1 spiro atoms. The molecule has 0 aromatic heterocycles. The molecule has 3 saturated heterocycles. The molecule has 0 radical (unpaired) electrons. The second-order valence-electron chi connectivity index (χ2n) is 8.28. The fourth-order valence-corrected chi connectivity index (χ4v) is 4.82. The van der Waals surface area contributed by atoms with E-state index in [1.54, 1.807) is 12.1 Å². The van der Waals surface area contributed by atoms with Crippen LogP contribution in [0.2, 0.25) is 0 Å². The van der Waals surface area contributed by atoms with Gasteiger partial charge in [0.25, 0.3) is 0 Å². The van der Waals surface area contributed by atoms with E-state index >= 15 is 0 Å². The van der Waals surface area contributed by atoms with E-state index in [4.69, 9.17) is 9.47 Å². The van der Waals surface area contributed by atoms with Gasteiger partial charge in [0.15, 0.2) is 5.96 Å². The van der Waals surface area contributed by atoms with E-state index in [0.717, 1.165) is 70.1 Å². The summed E-state index contributed by atoms with van der Waals surface area (Å²) in [4.78, 5) is 6.89. The van der Waals surface area contributed by atoms with Crippen molar-refractivity contribution >= 4 is 29.9 Å². The van der Waals surface area contributed by atoms with Gasteiger partial charge in [-0.2, -0.15) is 0 Å². The quantitative estimate of drug-likeness (QED) is 0.391. The number of ether oxygens (including phenoxy) is 2. The molecular weight excluding hydrogens is 472 g/mol. The molecule has 28 heavy (non-hydrogen) atoms. The predicted octanol–water partition coefficient (Wildman–Crippen LogP) is 3.18. The molecule has 1 aromatic carbocycles. The van der Waals surface area contributed by atoms with Crippen molar-refractivity contribution in [1.29, 1.82) is 0 Å². The van der Waals surface area contributed by atoms with Gasteiger partial charge < -0.3 is 19.7 Å². The van der Waals surface area contributed by atoms with Gasteiger partial charge in [0.1, 0.15) is 5.82 Å². The Bertz CT molecular complexity index is 688. The molecule has 0 aliphatic carbocycles. The summed E-state index contributed by atoms with van der Waals surface area (Å²) in [6.07, 6.45) is 4.08. The van der Waals surface area contributed by atoms with Crippen molar-refractivity contribution in [1.82, 2.24) is 10.2 Å². The Morgan fingerprint density at radius 1 is 1.18 bits per heavy atom. The lowest BCUT2D eigenvalue weighted by atomic mass is 9.74. The molecule has 3 fully saturated rings. The van der Waals surface area contributed by atoms with Crippen molar-refractivity contribution in [2.24, 2.45) is 10.4 Å². The smallest absolute Gasteiger partial charge is 0.193 e. The van der Waals surface area contributed by atoms with E-state index in [0.29, 0.717) is 18.6 Å². The highest BCUT2D eigenvalue weighted by Crippen LogP contribution is 2.38. The molecule has 1 aromatic rings. The number of benzene rings is 1. The van der Waals surface area contributed by atoms with Crippen LogP contribution in [-0.4, -0.2) is 64.0 Å². The zero-order chi connectivity index (χ0) is 18.7. The molecule has 156 valence electrons. The first-order valence-corrected chi connectivity index (χ1v) is 10.0. The van der Waals surface area contributed by atoms with Crippen molar-refractivity contribution in [3.63, 3.8) is 0 Å². The Morgan fingerprint density at radius 3 is 2.64 bits per heavy atom. The van der Waals surface area contributed by atoms with Crippen LogP contribution in [0.1, 0.15) is 31.2 Å². The molecular formula is C21H31FIN3O2. The number of nitrogens with one attached hydrogen (secondary N) is 1. The van der Waals surface area contributed by atoms with E-state index in [9.17, 15) is 4.39 Å². The van der Waals surface area contributed by atoms with Crippen LogP contribution in [0, 0.1) is 11.2 Å². The third kappa shape index (κ3) is 4.46. The highest BCUT2D eigenvalue weighted by molar-refractivity contribution is 14.0. The molecule has 5 nitrogen and oxygen atoms in total. The largest absolute Gasteiger partial charge is 0.381 e. The number of rotatable bonds is 3. The molecule has 0 saturated carbocycles. The molecule has 3 heterocycles. The number of guanidine groups is 1. The van der Waals surface area contributed by atoms with Gasteiger partial charge >= 0.3 is 0 Å². The van der Waals surface area contributed by atoms with E-state index in [-0.39, 0.29) is 35.2 Å². The van der Waals surface area contributed by atoms with Crippen LogP contribution >= 0.6 is 24.0 Å². The van der Waals surface area contributed by atoms with Crippen LogP contribution < -0.4 is 5.32 Å². The highest BCUT2D eigenvalue weighted by Gasteiger charge is 2.42. The maximum absolute atomic E-state index is 13.9. The second-order valence-corrected chi connectivity index (χ2v) is 8.28. The molecule has 0 amide bonds. The average molecular weight is 503 g/mol. The Labute approximate surface area is 184 Å². The molecule has 4 rings (SSSR count). The number of halogens is 2.